The van der Waals surface area contributed by atoms with Crippen molar-refractivity contribution in [3.63, 3.8) is 0 Å². The van der Waals surface area contributed by atoms with Gasteiger partial charge in [0.05, 0.1) is 30.4 Å². The Balaban J connectivity index is 1.44. The zero-order valence-corrected chi connectivity index (χ0v) is 30.1. The van der Waals surface area contributed by atoms with Gasteiger partial charge in [-0.1, -0.05) is 20.8 Å². The Morgan fingerprint density at radius 3 is 2.31 bits per heavy atom. The van der Waals surface area contributed by atoms with Crippen LogP contribution in [0.4, 0.5) is 13.6 Å². The lowest BCUT2D eigenvalue weighted by Crippen LogP contribution is -2.59. The molecule has 2 heterocycles. The van der Waals surface area contributed by atoms with Crippen molar-refractivity contribution < 1.29 is 45.9 Å². The Bertz CT molecular complexity index is 1750. The number of ether oxygens (including phenoxy) is 2. The Hall–Kier alpha value is -4.42. The third-order valence-corrected chi connectivity index (χ3v) is 10.8. The van der Waals surface area contributed by atoms with E-state index in [9.17, 15) is 36.4 Å². The first-order valence-corrected chi connectivity index (χ1v) is 18.3. The lowest BCUT2D eigenvalue weighted by Gasteiger charge is -2.32. The van der Waals surface area contributed by atoms with Gasteiger partial charge in [-0.3, -0.25) is 19.1 Å². The molecule has 0 bridgehead atoms. The molecule has 1 aromatic heterocycles. The maximum absolute atomic E-state index is 14.3. The van der Waals surface area contributed by atoms with Gasteiger partial charge in [0.1, 0.15) is 23.4 Å². The summed E-state index contributed by atoms with van der Waals surface area (Å²) in [5.74, 6) is -3.67. The van der Waals surface area contributed by atoms with Crippen LogP contribution in [-0.2, 0) is 29.1 Å². The molecule has 4 amide bonds. The molecule has 280 valence electrons. The molecule has 5 atom stereocenters. The lowest BCUT2D eigenvalue weighted by atomic mass is 9.87. The van der Waals surface area contributed by atoms with Crippen molar-refractivity contribution in [3.8, 4) is 17.1 Å². The van der Waals surface area contributed by atoms with E-state index >= 15 is 0 Å². The highest BCUT2D eigenvalue weighted by atomic mass is 32.2. The zero-order chi connectivity index (χ0) is 37.5. The van der Waals surface area contributed by atoms with Crippen LogP contribution in [-0.4, -0.2) is 106 Å². The molecule has 2 saturated carbocycles. The maximum atomic E-state index is 14.3. The first-order valence-electron chi connectivity index (χ1n) is 16.7. The SMILES string of the molecule is COc1ccc(-c2nnn([C@@H]3CC(C(=O)N[C@]4(C(=O)NS(=O)(=O)C5CC5)C[C@H]4C(F)F)N(C(=O)[C@H](CC(C)(C)C)NC(=O)OC(C)C)C3)n2)cc1. The number of methoxy groups -OCH3 is 1. The number of amides is 4. The molecule has 19 heteroatoms. The van der Waals surface area contributed by atoms with Gasteiger partial charge in [0.2, 0.25) is 34.1 Å². The Morgan fingerprint density at radius 1 is 1.10 bits per heavy atom. The molecule has 5 rings (SSSR count). The molecular formula is C32H44F2N8O8S. The van der Waals surface area contributed by atoms with E-state index in [4.69, 9.17) is 9.47 Å². The minimum absolute atomic E-state index is 0.119. The van der Waals surface area contributed by atoms with Gasteiger partial charge in [-0.15, -0.1) is 10.2 Å². The van der Waals surface area contributed by atoms with Crippen LogP contribution < -0.4 is 20.1 Å². The van der Waals surface area contributed by atoms with Gasteiger partial charge in [0.15, 0.2) is 0 Å². The molecule has 3 fully saturated rings. The molecule has 2 aromatic rings. The van der Waals surface area contributed by atoms with Crippen molar-refractivity contribution >= 4 is 33.8 Å². The van der Waals surface area contributed by atoms with E-state index in [2.05, 4.69) is 26.0 Å². The van der Waals surface area contributed by atoms with Crippen molar-refractivity contribution in [2.24, 2.45) is 11.3 Å². The minimum Gasteiger partial charge on any atom is -0.497 e. The van der Waals surface area contributed by atoms with E-state index < -0.39 is 93.0 Å². The molecule has 1 unspecified atom stereocenters. The van der Waals surface area contributed by atoms with Crippen molar-refractivity contribution in [1.29, 1.82) is 0 Å². The van der Waals surface area contributed by atoms with Crippen LogP contribution in [0.15, 0.2) is 24.3 Å². The smallest absolute Gasteiger partial charge is 0.408 e. The second-order valence-electron chi connectivity index (χ2n) is 14.8. The van der Waals surface area contributed by atoms with Crippen molar-refractivity contribution in [2.75, 3.05) is 13.7 Å². The van der Waals surface area contributed by atoms with Crippen LogP contribution in [0.25, 0.3) is 11.4 Å². The first kappa shape index (κ1) is 37.8. The number of carbonyl (C=O) groups excluding carboxylic acids is 4. The number of carbonyl (C=O) groups is 4. The first-order chi connectivity index (χ1) is 23.8. The Morgan fingerprint density at radius 2 is 1.76 bits per heavy atom. The number of sulfonamides is 1. The predicted octanol–water partition coefficient (Wildman–Crippen LogP) is 2.18. The Labute approximate surface area is 294 Å². The third-order valence-electron chi connectivity index (χ3n) is 8.99. The van der Waals surface area contributed by atoms with E-state index in [1.165, 1.54) is 16.8 Å². The molecule has 0 radical (unpaired) electrons. The van der Waals surface area contributed by atoms with E-state index in [-0.39, 0.29) is 25.2 Å². The van der Waals surface area contributed by atoms with Gasteiger partial charge in [-0.2, -0.15) is 4.80 Å². The highest BCUT2D eigenvalue weighted by Crippen LogP contribution is 2.48. The van der Waals surface area contributed by atoms with Gasteiger partial charge in [-0.25, -0.2) is 22.0 Å². The molecule has 0 spiro atoms. The van der Waals surface area contributed by atoms with Gasteiger partial charge < -0.3 is 25.0 Å². The summed E-state index contributed by atoms with van der Waals surface area (Å²) >= 11 is 0. The number of tetrazole rings is 1. The fourth-order valence-electron chi connectivity index (χ4n) is 6.15. The summed E-state index contributed by atoms with van der Waals surface area (Å²) in [6.45, 7) is 8.71. The van der Waals surface area contributed by atoms with Crippen LogP contribution in [0, 0.1) is 11.3 Å². The molecule has 51 heavy (non-hydrogen) atoms. The van der Waals surface area contributed by atoms with E-state index in [1.807, 2.05) is 25.5 Å². The van der Waals surface area contributed by atoms with Gasteiger partial charge >= 0.3 is 6.09 Å². The molecule has 1 saturated heterocycles. The standard InChI is InChI=1S/C32H44F2N8O8S/c1-17(2)50-30(46)35-23(15-31(3,4)5)28(44)41-16-19(42-38-26(37-40-42)18-7-9-20(49-6)10-8-18)13-24(41)27(43)36-32(14-22(32)25(33)34)29(45)39-51(47,48)21-11-12-21/h7-10,17,19,21-25H,11-16H2,1-6H3,(H,35,46)(H,36,43)(H,39,45)/t19-,22+,23+,24?,32-/m1/s1. The summed E-state index contributed by atoms with van der Waals surface area (Å²) in [4.78, 5) is 56.8. The zero-order valence-electron chi connectivity index (χ0n) is 29.3. The third kappa shape index (κ3) is 8.73. The molecule has 3 aliphatic rings. The average molecular weight is 739 g/mol. The van der Waals surface area contributed by atoms with Crippen LogP contribution in [0.1, 0.15) is 72.8 Å². The number of benzene rings is 1. The lowest BCUT2D eigenvalue weighted by molar-refractivity contribution is -0.141. The number of aromatic nitrogens is 4. The van der Waals surface area contributed by atoms with Crippen molar-refractivity contribution in [1.82, 2.24) is 40.5 Å². The van der Waals surface area contributed by atoms with Gasteiger partial charge in [0.25, 0.3) is 5.91 Å². The van der Waals surface area contributed by atoms with E-state index in [1.54, 1.807) is 38.1 Å². The fraction of sp³-hybridized carbons (Fsp3) is 0.656. The number of hydrogen-bond donors (Lipinski definition) is 3. The summed E-state index contributed by atoms with van der Waals surface area (Å²) in [5, 5.41) is 16.9. The van der Waals surface area contributed by atoms with E-state index in [0.717, 1.165) is 0 Å². The van der Waals surface area contributed by atoms with Crippen LogP contribution in [0.5, 0.6) is 5.75 Å². The molecule has 1 aromatic carbocycles. The summed E-state index contributed by atoms with van der Waals surface area (Å²) in [6.07, 6.45) is -4.22. The molecule has 3 N–H and O–H groups in total. The summed E-state index contributed by atoms with van der Waals surface area (Å²) < 4.78 is 65.5. The van der Waals surface area contributed by atoms with Crippen LogP contribution in [0.3, 0.4) is 0 Å². The predicted molar refractivity (Wildman–Crippen MR) is 177 cm³/mol. The highest BCUT2D eigenvalue weighted by molar-refractivity contribution is 7.91. The average Bonchev–Trinajstić information content (AvgIpc) is 3.92. The number of alkyl carbamates (subject to hydrolysis) is 1. The summed E-state index contributed by atoms with van der Waals surface area (Å²) in [6, 6.07) is 3.61. The number of halogens is 2. The Kier molecular flexibility index (Phi) is 10.6. The van der Waals surface area contributed by atoms with Crippen molar-refractivity contribution in [3.05, 3.63) is 24.3 Å². The fourth-order valence-corrected chi connectivity index (χ4v) is 7.51. The monoisotopic (exact) mass is 738 g/mol. The number of nitrogens with one attached hydrogen (secondary N) is 3. The quantitative estimate of drug-likeness (QED) is 0.272. The normalized spacial score (nSPS) is 23.9. The topological polar surface area (TPSA) is 204 Å². The largest absolute Gasteiger partial charge is 0.497 e. The number of alkyl halides is 2. The minimum atomic E-state index is -4.12. The summed E-state index contributed by atoms with van der Waals surface area (Å²) in [5.41, 5.74) is -2.09. The molecule has 1 aliphatic heterocycles. The number of hydrogen-bond acceptors (Lipinski definition) is 11. The number of rotatable bonds is 13. The number of nitrogens with zero attached hydrogens (tertiary/aromatic N) is 5. The highest BCUT2D eigenvalue weighted by Gasteiger charge is 2.66. The summed E-state index contributed by atoms with van der Waals surface area (Å²) in [7, 11) is -2.60. The van der Waals surface area contributed by atoms with Crippen molar-refractivity contribution in [2.45, 2.75) is 108 Å². The second kappa shape index (κ2) is 14.3. The van der Waals surface area contributed by atoms with Gasteiger partial charge in [0, 0.05) is 18.5 Å². The molecular weight excluding hydrogens is 694 g/mol. The molecule has 2 aliphatic carbocycles. The van der Waals surface area contributed by atoms with Crippen LogP contribution in [0.2, 0.25) is 0 Å². The number of likely N-dealkylation sites (tertiary alicyclic amines) is 1. The molecule has 16 nitrogen and oxygen atoms in total. The maximum Gasteiger partial charge on any atom is 0.408 e. The van der Waals surface area contributed by atoms with Gasteiger partial charge in [-0.05, 0) is 74.4 Å². The second-order valence-corrected chi connectivity index (χ2v) is 16.7. The van der Waals surface area contributed by atoms with Crippen LogP contribution >= 0.6 is 0 Å². The van der Waals surface area contributed by atoms with E-state index in [0.29, 0.717) is 24.2 Å².